The number of terminal acetylenes is 1. The van der Waals surface area contributed by atoms with Gasteiger partial charge in [-0.25, -0.2) is 0 Å². The second-order valence-corrected chi connectivity index (χ2v) is 3.51. The lowest BCUT2D eigenvalue weighted by atomic mass is 10.1. The third-order valence-corrected chi connectivity index (χ3v) is 2.29. The first-order valence-corrected chi connectivity index (χ1v) is 5.10. The summed E-state index contributed by atoms with van der Waals surface area (Å²) in [4.78, 5) is 21.8. The molecule has 0 radical (unpaired) electrons. The number of nitrogens with one attached hydrogen (secondary N) is 1. The van der Waals surface area contributed by atoms with Crippen LogP contribution in [-0.4, -0.2) is 17.4 Å². The van der Waals surface area contributed by atoms with Gasteiger partial charge in [-0.3, -0.25) is 14.9 Å². The molecule has 0 heterocycles. The molecule has 17 heavy (non-hydrogen) atoms. The molecule has 0 aromatic heterocycles. The minimum absolute atomic E-state index is 0.0393. The quantitative estimate of drug-likeness (QED) is 0.386. The molecule has 0 spiro atoms. The summed E-state index contributed by atoms with van der Waals surface area (Å²) in [6, 6.07) is 4.06. The van der Waals surface area contributed by atoms with Crippen LogP contribution in [0.5, 0.6) is 0 Å². The first-order chi connectivity index (χ1) is 8.07. The van der Waals surface area contributed by atoms with Gasteiger partial charge in [-0.15, -0.1) is 12.3 Å². The minimum atomic E-state index is -0.651. The highest BCUT2D eigenvalue weighted by Crippen LogP contribution is 2.25. The maximum absolute atomic E-state index is 11.7. The summed E-state index contributed by atoms with van der Waals surface area (Å²) in [6.45, 7) is 0.248. The molecule has 1 aromatic rings. The van der Waals surface area contributed by atoms with E-state index in [9.17, 15) is 14.9 Å². The van der Waals surface area contributed by atoms with Gasteiger partial charge in [0.25, 0.3) is 11.6 Å². The first kappa shape index (κ1) is 13.0. The van der Waals surface area contributed by atoms with Crippen molar-refractivity contribution in [2.24, 2.45) is 0 Å². The summed E-state index contributed by atoms with van der Waals surface area (Å²) in [7, 11) is 0. The molecule has 1 aromatic carbocycles. The van der Waals surface area contributed by atoms with Gasteiger partial charge in [0, 0.05) is 19.0 Å². The molecule has 1 N–H and O–H groups in total. The molecule has 0 bridgehead atoms. The van der Waals surface area contributed by atoms with E-state index in [0.29, 0.717) is 6.42 Å². The summed E-state index contributed by atoms with van der Waals surface area (Å²) in [6.07, 6.45) is 5.38. The van der Waals surface area contributed by atoms with E-state index in [1.807, 2.05) is 0 Å². The third-order valence-electron chi connectivity index (χ3n) is 1.97. The summed E-state index contributed by atoms with van der Waals surface area (Å²) in [5, 5.41) is 13.2. The number of hydrogen-bond acceptors (Lipinski definition) is 3. The van der Waals surface area contributed by atoms with Gasteiger partial charge in [0.05, 0.1) is 9.95 Å². The molecule has 0 saturated carbocycles. The molecule has 0 fully saturated rings. The number of nitro groups is 1. The predicted molar refractivity (Wildman–Crippen MR) is 63.9 cm³/mol. The highest BCUT2D eigenvalue weighted by atomic mass is 35.5. The van der Waals surface area contributed by atoms with Crippen molar-refractivity contribution in [2.75, 3.05) is 6.54 Å². The van der Waals surface area contributed by atoms with Crippen LogP contribution in [0.4, 0.5) is 5.69 Å². The number of rotatable bonds is 4. The Kier molecular flexibility index (Phi) is 4.49. The molecule has 6 heteroatoms. The van der Waals surface area contributed by atoms with E-state index in [-0.39, 0.29) is 22.8 Å². The Labute approximate surface area is 103 Å². The molecular formula is C11H9ClN2O3. The van der Waals surface area contributed by atoms with Crippen molar-refractivity contribution < 1.29 is 9.72 Å². The van der Waals surface area contributed by atoms with Crippen LogP contribution in [0.25, 0.3) is 0 Å². The van der Waals surface area contributed by atoms with Crippen molar-refractivity contribution in [1.29, 1.82) is 0 Å². The Bertz CT molecular complexity index is 494. The fraction of sp³-hybridized carbons (Fsp3) is 0.182. The van der Waals surface area contributed by atoms with Crippen molar-refractivity contribution in [3.05, 3.63) is 38.9 Å². The van der Waals surface area contributed by atoms with Crippen LogP contribution < -0.4 is 5.32 Å². The molecular weight excluding hydrogens is 244 g/mol. The highest BCUT2D eigenvalue weighted by Gasteiger charge is 2.22. The molecule has 0 aliphatic rings. The van der Waals surface area contributed by atoms with Crippen LogP contribution in [0.1, 0.15) is 16.8 Å². The summed E-state index contributed by atoms with van der Waals surface area (Å²) >= 11 is 5.78. The zero-order chi connectivity index (χ0) is 12.8. The van der Waals surface area contributed by atoms with Gasteiger partial charge < -0.3 is 5.32 Å². The average molecular weight is 253 g/mol. The van der Waals surface area contributed by atoms with Gasteiger partial charge in [0.2, 0.25) is 0 Å². The van der Waals surface area contributed by atoms with Gasteiger partial charge in [0.15, 0.2) is 0 Å². The van der Waals surface area contributed by atoms with Crippen LogP contribution in [0.3, 0.4) is 0 Å². The number of halogens is 1. The van der Waals surface area contributed by atoms with Crippen molar-refractivity contribution in [1.82, 2.24) is 5.32 Å². The fourth-order valence-electron chi connectivity index (χ4n) is 1.23. The molecule has 0 saturated heterocycles. The summed E-state index contributed by atoms with van der Waals surface area (Å²) in [5.41, 5.74) is -0.466. The smallest absolute Gasteiger partial charge is 0.283 e. The molecule has 5 nitrogen and oxygen atoms in total. The average Bonchev–Trinajstić information content (AvgIpc) is 2.28. The molecule has 0 aliphatic carbocycles. The van der Waals surface area contributed by atoms with E-state index in [4.69, 9.17) is 18.0 Å². The Morgan fingerprint density at radius 2 is 2.29 bits per heavy atom. The maximum atomic E-state index is 11.7. The Morgan fingerprint density at radius 1 is 1.59 bits per heavy atom. The lowest BCUT2D eigenvalue weighted by molar-refractivity contribution is -0.385. The molecule has 0 atom stereocenters. The van der Waals surface area contributed by atoms with E-state index in [1.54, 1.807) is 0 Å². The SMILES string of the molecule is C#CCCNC(=O)c1c(Cl)cccc1[N+](=O)[O-]. The molecule has 0 aliphatic heterocycles. The lowest BCUT2D eigenvalue weighted by Gasteiger charge is -2.05. The largest absolute Gasteiger partial charge is 0.351 e. The summed E-state index contributed by atoms with van der Waals surface area (Å²) in [5.74, 6) is 1.75. The molecule has 88 valence electrons. The van der Waals surface area contributed by atoms with Crippen molar-refractivity contribution in [3.63, 3.8) is 0 Å². The van der Waals surface area contributed by atoms with Crippen molar-refractivity contribution in [2.45, 2.75) is 6.42 Å². The fourth-order valence-corrected chi connectivity index (χ4v) is 1.48. The standard InChI is InChI=1S/C11H9ClN2O3/c1-2-3-7-13-11(15)10-8(12)5-4-6-9(10)14(16)17/h1,4-6H,3,7H2,(H,13,15). The topological polar surface area (TPSA) is 72.2 Å². The number of benzene rings is 1. The van der Waals surface area contributed by atoms with Crippen molar-refractivity contribution in [3.8, 4) is 12.3 Å². The zero-order valence-electron chi connectivity index (χ0n) is 8.77. The second kappa shape index (κ2) is 5.87. The predicted octanol–water partition coefficient (Wildman–Crippen LogP) is 2.00. The van der Waals surface area contributed by atoms with Gasteiger partial charge in [0.1, 0.15) is 5.56 Å². The Balaban J connectivity index is 3.00. The van der Waals surface area contributed by atoms with Gasteiger partial charge in [-0.05, 0) is 6.07 Å². The van der Waals surface area contributed by atoms with Crippen LogP contribution in [0, 0.1) is 22.5 Å². The van der Waals surface area contributed by atoms with Crippen LogP contribution in [0.15, 0.2) is 18.2 Å². The third kappa shape index (κ3) is 3.20. The van der Waals surface area contributed by atoms with Crippen LogP contribution >= 0.6 is 11.6 Å². The van der Waals surface area contributed by atoms with Crippen LogP contribution in [0.2, 0.25) is 5.02 Å². The molecule has 0 unspecified atom stereocenters. The second-order valence-electron chi connectivity index (χ2n) is 3.10. The minimum Gasteiger partial charge on any atom is -0.351 e. The van der Waals surface area contributed by atoms with E-state index in [2.05, 4.69) is 11.2 Å². The molecule has 1 rings (SSSR count). The Morgan fingerprint density at radius 3 is 2.88 bits per heavy atom. The number of carbonyl (C=O) groups excluding carboxylic acids is 1. The van der Waals surface area contributed by atoms with E-state index < -0.39 is 10.8 Å². The van der Waals surface area contributed by atoms with Crippen LogP contribution in [-0.2, 0) is 0 Å². The van der Waals surface area contributed by atoms with E-state index >= 15 is 0 Å². The normalized spacial score (nSPS) is 9.41. The Hall–Kier alpha value is -2.06. The van der Waals surface area contributed by atoms with Gasteiger partial charge >= 0.3 is 0 Å². The number of nitro benzene ring substituents is 1. The summed E-state index contributed by atoms with van der Waals surface area (Å²) < 4.78 is 0. The van der Waals surface area contributed by atoms with E-state index in [1.165, 1.54) is 18.2 Å². The number of hydrogen-bond donors (Lipinski definition) is 1. The van der Waals surface area contributed by atoms with Gasteiger partial charge in [-0.1, -0.05) is 17.7 Å². The first-order valence-electron chi connectivity index (χ1n) is 4.72. The van der Waals surface area contributed by atoms with Gasteiger partial charge in [-0.2, -0.15) is 0 Å². The lowest BCUT2D eigenvalue weighted by Crippen LogP contribution is -2.25. The monoisotopic (exact) mass is 252 g/mol. The highest BCUT2D eigenvalue weighted by molar-refractivity contribution is 6.34. The molecule has 1 amide bonds. The number of amides is 1. The number of carbonyl (C=O) groups is 1. The maximum Gasteiger partial charge on any atom is 0.283 e. The zero-order valence-corrected chi connectivity index (χ0v) is 9.53. The van der Waals surface area contributed by atoms with Crippen molar-refractivity contribution >= 4 is 23.2 Å². The van der Waals surface area contributed by atoms with E-state index in [0.717, 1.165) is 0 Å². The number of nitrogens with zero attached hydrogens (tertiary/aromatic N) is 1.